The molecular weight excluding hydrogens is 290 g/mol. The van der Waals surface area contributed by atoms with Crippen molar-refractivity contribution in [3.05, 3.63) is 48.2 Å². The van der Waals surface area contributed by atoms with Crippen molar-refractivity contribution in [2.45, 2.75) is 30.9 Å². The van der Waals surface area contributed by atoms with Gasteiger partial charge in [0.2, 0.25) is 0 Å². The second-order valence-corrected chi connectivity index (χ2v) is 5.48. The van der Waals surface area contributed by atoms with Crippen LogP contribution in [0.2, 0.25) is 0 Å². The highest BCUT2D eigenvalue weighted by Gasteiger charge is 2.30. The van der Waals surface area contributed by atoms with Crippen LogP contribution in [-0.4, -0.2) is 36.6 Å². The molecule has 1 N–H and O–H groups in total. The standard InChI is InChI=1S/C16H20ClNO3/c1-2-20-9-8-15-14(10-13(17)11-21-15)18-16(19)12-6-4-3-5-7-12/h3-9,13-15H,2,10-11H2,1H3,(H,18,19)/b9-8+. The fourth-order valence-electron chi connectivity index (χ4n) is 2.21. The average Bonchev–Trinajstić information content (AvgIpc) is 2.50. The van der Waals surface area contributed by atoms with E-state index in [0.29, 0.717) is 25.2 Å². The molecule has 0 aromatic heterocycles. The normalized spacial score (nSPS) is 25.7. The van der Waals surface area contributed by atoms with Crippen LogP contribution in [0.3, 0.4) is 0 Å². The fraction of sp³-hybridized carbons (Fsp3) is 0.438. The van der Waals surface area contributed by atoms with Crippen LogP contribution in [0.25, 0.3) is 0 Å². The Hall–Kier alpha value is -1.52. The summed E-state index contributed by atoms with van der Waals surface area (Å²) in [5, 5.41) is 2.89. The van der Waals surface area contributed by atoms with Crippen molar-refractivity contribution in [3.8, 4) is 0 Å². The second kappa shape index (κ2) is 8.05. The van der Waals surface area contributed by atoms with E-state index in [0.717, 1.165) is 0 Å². The Kier molecular flexibility index (Phi) is 6.08. The first-order valence-electron chi connectivity index (χ1n) is 7.10. The van der Waals surface area contributed by atoms with E-state index in [9.17, 15) is 4.79 Å². The highest BCUT2D eigenvalue weighted by Crippen LogP contribution is 2.20. The van der Waals surface area contributed by atoms with Crippen molar-refractivity contribution in [2.75, 3.05) is 13.2 Å². The number of benzene rings is 1. The first kappa shape index (κ1) is 15.9. The predicted octanol–water partition coefficient (Wildman–Crippen LogP) is 2.73. The summed E-state index contributed by atoms with van der Waals surface area (Å²) in [7, 11) is 0. The highest BCUT2D eigenvalue weighted by molar-refractivity contribution is 6.20. The number of ether oxygens (including phenoxy) is 2. The summed E-state index contributed by atoms with van der Waals surface area (Å²) in [4.78, 5) is 12.2. The molecular formula is C16H20ClNO3. The molecule has 1 aromatic rings. The summed E-state index contributed by atoms with van der Waals surface area (Å²) in [5.41, 5.74) is 0.627. The first-order chi connectivity index (χ1) is 10.2. The van der Waals surface area contributed by atoms with E-state index >= 15 is 0 Å². The van der Waals surface area contributed by atoms with Crippen LogP contribution in [0.15, 0.2) is 42.7 Å². The van der Waals surface area contributed by atoms with E-state index < -0.39 is 0 Å². The second-order valence-electron chi connectivity index (χ2n) is 4.86. The van der Waals surface area contributed by atoms with Gasteiger partial charge in [-0.05, 0) is 31.6 Å². The molecule has 1 aliphatic heterocycles. The number of carbonyl (C=O) groups is 1. The van der Waals surface area contributed by atoms with Crippen molar-refractivity contribution in [3.63, 3.8) is 0 Å². The molecule has 0 aliphatic carbocycles. The SMILES string of the molecule is CCO/C=C/C1OCC(Cl)CC1NC(=O)c1ccccc1. The monoisotopic (exact) mass is 309 g/mol. The van der Waals surface area contributed by atoms with Gasteiger partial charge in [0.15, 0.2) is 0 Å². The molecule has 3 unspecified atom stereocenters. The van der Waals surface area contributed by atoms with Gasteiger partial charge in [0.05, 0.1) is 37.0 Å². The number of rotatable bonds is 5. The minimum absolute atomic E-state index is 0.0946. The van der Waals surface area contributed by atoms with Crippen LogP contribution in [0, 0.1) is 0 Å². The molecule has 1 heterocycles. The molecule has 1 amide bonds. The highest BCUT2D eigenvalue weighted by atomic mass is 35.5. The van der Waals surface area contributed by atoms with Gasteiger partial charge in [-0.15, -0.1) is 11.6 Å². The Labute approximate surface area is 130 Å². The molecule has 1 fully saturated rings. The maximum absolute atomic E-state index is 12.2. The third kappa shape index (κ3) is 4.76. The Balaban J connectivity index is 2.01. The number of halogens is 1. The van der Waals surface area contributed by atoms with Crippen LogP contribution >= 0.6 is 11.6 Å². The summed E-state index contributed by atoms with van der Waals surface area (Å²) in [5.74, 6) is -0.121. The van der Waals surface area contributed by atoms with Crippen molar-refractivity contribution in [1.82, 2.24) is 5.32 Å². The number of carbonyl (C=O) groups excluding carboxylic acids is 1. The van der Waals surface area contributed by atoms with E-state index in [-0.39, 0.29) is 23.4 Å². The summed E-state index contributed by atoms with van der Waals surface area (Å²) >= 11 is 6.14. The van der Waals surface area contributed by atoms with Gasteiger partial charge in [-0.1, -0.05) is 18.2 Å². The van der Waals surface area contributed by atoms with Gasteiger partial charge >= 0.3 is 0 Å². The zero-order valence-corrected chi connectivity index (χ0v) is 12.8. The zero-order valence-electron chi connectivity index (χ0n) is 12.0. The summed E-state index contributed by atoms with van der Waals surface area (Å²) in [6, 6.07) is 8.95. The van der Waals surface area contributed by atoms with Gasteiger partial charge in [0.1, 0.15) is 0 Å². The number of amides is 1. The van der Waals surface area contributed by atoms with Crippen LogP contribution in [0.4, 0.5) is 0 Å². The Morgan fingerprint density at radius 1 is 1.48 bits per heavy atom. The van der Waals surface area contributed by atoms with Gasteiger partial charge in [0, 0.05) is 5.56 Å². The summed E-state index contributed by atoms with van der Waals surface area (Å²) in [6.07, 6.45) is 3.88. The Morgan fingerprint density at radius 3 is 2.95 bits per heavy atom. The van der Waals surface area contributed by atoms with Crippen LogP contribution < -0.4 is 5.32 Å². The van der Waals surface area contributed by atoms with Crippen LogP contribution in [-0.2, 0) is 9.47 Å². The number of hydrogen-bond donors (Lipinski definition) is 1. The van der Waals surface area contributed by atoms with Crippen LogP contribution in [0.1, 0.15) is 23.7 Å². The maximum Gasteiger partial charge on any atom is 0.251 e. The lowest BCUT2D eigenvalue weighted by Gasteiger charge is -2.32. The molecule has 1 aromatic carbocycles. The molecule has 21 heavy (non-hydrogen) atoms. The van der Waals surface area contributed by atoms with E-state index in [1.807, 2.05) is 31.2 Å². The number of hydrogen-bond acceptors (Lipinski definition) is 3. The minimum atomic E-state index is -0.223. The Bertz CT molecular complexity index is 478. The quantitative estimate of drug-likeness (QED) is 0.672. The Morgan fingerprint density at radius 2 is 2.24 bits per heavy atom. The van der Waals surface area contributed by atoms with Crippen molar-refractivity contribution in [2.24, 2.45) is 0 Å². The van der Waals surface area contributed by atoms with Gasteiger partial charge in [-0.2, -0.15) is 0 Å². The molecule has 0 bridgehead atoms. The molecule has 4 nitrogen and oxygen atoms in total. The smallest absolute Gasteiger partial charge is 0.251 e. The lowest BCUT2D eigenvalue weighted by molar-refractivity contribution is 0.0212. The third-order valence-electron chi connectivity index (χ3n) is 3.26. The molecule has 1 saturated heterocycles. The van der Waals surface area contributed by atoms with E-state index in [1.165, 1.54) is 0 Å². The summed E-state index contributed by atoms with van der Waals surface area (Å²) in [6.45, 7) is 2.98. The third-order valence-corrected chi connectivity index (χ3v) is 3.56. The number of alkyl halides is 1. The average molecular weight is 310 g/mol. The molecule has 0 radical (unpaired) electrons. The topological polar surface area (TPSA) is 47.6 Å². The van der Waals surface area contributed by atoms with Gasteiger partial charge in [-0.25, -0.2) is 0 Å². The lowest BCUT2D eigenvalue weighted by Crippen LogP contribution is -2.49. The van der Waals surface area contributed by atoms with Crippen LogP contribution in [0.5, 0.6) is 0 Å². The van der Waals surface area contributed by atoms with Crippen molar-refractivity contribution >= 4 is 17.5 Å². The molecule has 2 rings (SSSR count). The molecule has 114 valence electrons. The fourth-order valence-corrected chi connectivity index (χ4v) is 2.48. The van der Waals surface area contributed by atoms with Gasteiger partial charge in [0.25, 0.3) is 5.91 Å². The maximum atomic E-state index is 12.2. The molecule has 0 spiro atoms. The van der Waals surface area contributed by atoms with E-state index in [2.05, 4.69) is 5.32 Å². The first-order valence-corrected chi connectivity index (χ1v) is 7.54. The number of nitrogens with one attached hydrogen (secondary N) is 1. The summed E-state index contributed by atoms with van der Waals surface area (Å²) < 4.78 is 10.9. The lowest BCUT2D eigenvalue weighted by atomic mass is 10.0. The molecule has 3 atom stereocenters. The van der Waals surface area contributed by atoms with Crippen molar-refractivity contribution < 1.29 is 14.3 Å². The van der Waals surface area contributed by atoms with Gasteiger partial charge < -0.3 is 14.8 Å². The molecule has 0 saturated carbocycles. The predicted molar refractivity (Wildman–Crippen MR) is 82.5 cm³/mol. The zero-order chi connectivity index (χ0) is 15.1. The molecule has 5 heteroatoms. The minimum Gasteiger partial charge on any atom is -0.502 e. The largest absolute Gasteiger partial charge is 0.502 e. The van der Waals surface area contributed by atoms with Gasteiger partial charge in [-0.3, -0.25) is 4.79 Å². The molecule has 1 aliphatic rings. The van der Waals surface area contributed by atoms with E-state index in [1.54, 1.807) is 18.4 Å². The van der Waals surface area contributed by atoms with E-state index in [4.69, 9.17) is 21.1 Å². The van der Waals surface area contributed by atoms with Crippen molar-refractivity contribution in [1.29, 1.82) is 0 Å².